The SMILES string of the molecule is CNC(=O)NC(=O)C(C)Oc1cc(C=O)ccc1OC. The van der Waals surface area contributed by atoms with Crippen LogP contribution in [0, 0.1) is 0 Å². The Kier molecular flexibility index (Phi) is 5.52. The zero-order valence-electron chi connectivity index (χ0n) is 11.4. The predicted octanol–water partition coefficient (Wildman–Crippen LogP) is 0.731. The van der Waals surface area contributed by atoms with Crippen molar-refractivity contribution in [1.82, 2.24) is 10.6 Å². The lowest BCUT2D eigenvalue weighted by atomic mass is 10.2. The normalized spacial score (nSPS) is 11.2. The average Bonchev–Trinajstić information content (AvgIpc) is 2.46. The van der Waals surface area contributed by atoms with Crippen LogP contribution in [-0.4, -0.2) is 38.5 Å². The van der Waals surface area contributed by atoms with E-state index in [2.05, 4.69) is 10.6 Å². The number of benzene rings is 1. The fourth-order valence-corrected chi connectivity index (χ4v) is 1.38. The molecule has 0 bridgehead atoms. The standard InChI is InChI=1S/C13H16N2O5/c1-8(12(17)15-13(18)14-2)20-11-6-9(7-16)4-5-10(11)19-3/h4-8H,1-3H3,(H2,14,15,17,18). The van der Waals surface area contributed by atoms with Crippen molar-refractivity contribution in [2.45, 2.75) is 13.0 Å². The lowest BCUT2D eigenvalue weighted by Gasteiger charge is -2.16. The summed E-state index contributed by atoms with van der Waals surface area (Å²) in [6, 6.07) is 3.95. The molecule has 0 fully saturated rings. The van der Waals surface area contributed by atoms with Crippen LogP contribution in [0.4, 0.5) is 4.79 Å². The molecule has 0 aromatic heterocycles. The number of methoxy groups -OCH3 is 1. The van der Waals surface area contributed by atoms with Crippen molar-refractivity contribution >= 4 is 18.2 Å². The summed E-state index contributed by atoms with van der Waals surface area (Å²) in [5.41, 5.74) is 0.389. The van der Waals surface area contributed by atoms with Crippen molar-refractivity contribution in [2.75, 3.05) is 14.2 Å². The van der Waals surface area contributed by atoms with E-state index in [-0.39, 0.29) is 5.75 Å². The number of hydrogen-bond acceptors (Lipinski definition) is 5. The number of carbonyl (C=O) groups excluding carboxylic acids is 3. The molecule has 0 radical (unpaired) electrons. The van der Waals surface area contributed by atoms with Crippen molar-refractivity contribution in [2.24, 2.45) is 0 Å². The number of ether oxygens (including phenoxy) is 2. The fourth-order valence-electron chi connectivity index (χ4n) is 1.38. The highest BCUT2D eigenvalue weighted by Crippen LogP contribution is 2.28. The first kappa shape index (κ1) is 15.5. The monoisotopic (exact) mass is 280 g/mol. The zero-order chi connectivity index (χ0) is 15.1. The summed E-state index contributed by atoms with van der Waals surface area (Å²) in [5, 5.41) is 4.35. The van der Waals surface area contributed by atoms with E-state index in [1.54, 1.807) is 12.1 Å². The summed E-state index contributed by atoms with van der Waals surface area (Å²) in [5.74, 6) is 0.0229. The number of urea groups is 1. The van der Waals surface area contributed by atoms with Gasteiger partial charge in [-0.1, -0.05) is 0 Å². The molecule has 108 valence electrons. The molecule has 1 unspecified atom stereocenters. The first-order valence-corrected chi connectivity index (χ1v) is 5.84. The molecule has 1 aromatic carbocycles. The van der Waals surface area contributed by atoms with Gasteiger partial charge in [0, 0.05) is 12.6 Å². The maximum atomic E-state index is 11.7. The third-order valence-electron chi connectivity index (χ3n) is 2.46. The topological polar surface area (TPSA) is 93.7 Å². The van der Waals surface area contributed by atoms with Gasteiger partial charge in [-0.25, -0.2) is 4.79 Å². The van der Waals surface area contributed by atoms with E-state index in [0.29, 0.717) is 17.6 Å². The number of amides is 3. The fraction of sp³-hybridized carbons (Fsp3) is 0.308. The second-order valence-electron chi connectivity index (χ2n) is 3.86. The van der Waals surface area contributed by atoms with Crippen LogP contribution < -0.4 is 20.1 Å². The minimum Gasteiger partial charge on any atom is -0.493 e. The summed E-state index contributed by atoms with van der Waals surface area (Å²) >= 11 is 0. The smallest absolute Gasteiger partial charge is 0.321 e. The maximum Gasteiger partial charge on any atom is 0.321 e. The second kappa shape index (κ2) is 7.13. The third kappa shape index (κ3) is 3.98. The molecule has 0 aliphatic rings. The summed E-state index contributed by atoms with van der Waals surface area (Å²) in [4.78, 5) is 33.4. The van der Waals surface area contributed by atoms with Crippen molar-refractivity contribution in [3.05, 3.63) is 23.8 Å². The molecule has 0 heterocycles. The number of imide groups is 1. The van der Waals surface area contributed by atoms with Gasteiger partial charge >= 0.3 is 6.03 Å². The first-order chi connectivity index (χ1) is 9.51. The van der Waals surface area contributed by atoms with Crippen molar-refractivity contribution in [1.29, 1.82) is 0 Å². The molecule has 1 atom stereocenters. The van der Waals surface area contributed by atoms with Gasteiger partial charge in [0.15, 0.2) is 17.6 Å². The van der Waals surface area contributed by atoms with Crippen LogP contribution >= 0.6 is 0 Å². The van der Waals surface area contributed by atoms with E-state index in [1.165, 1.54) is 27.1 Å². The minimum atomic E-state index is -0.928. The number of hydrogen-bond donors (Lipinski definition) is 2. The molecule has 0 saturated heterocycles. The lowest BCUT2D eigenvalue weighted by Crippen LogP contribution is -2.44. The van der Waals surface area contributed by atoms with E-state index < -0.39 is 18.0 Å². The van der Waals surface area contributed by atoms with Gasteiger partial charge < -0.3 is 14.8 Å². The molecule has 0 saturated carbocycles. The van der Waals surface area contributed by atoms with Crippen LogP contribution in [-0.2, 0) is 4.79 Å². The highest BCUT2D eigenvalue weighted by Gasteiger charge is 2.18. The summed E-state index contributed by atoms with van der Waals surface area (Å²) in [6.07, 6.45) is -0.273. The highest BCUT2D eigenvalue weighted by molar-refractivity contribution is 5.96. The Morgan fingerprint density at radius 1 is 1.30 bits per heavy atom. The Morgan fingerprint density at radius 3 is 2.55 bits per heavy atom. The molecule has 2 N–H and O–H groups in total. The molecule has 7 heteroatoms. The average molecular weight is 280 g/mol. The summed E-state index contributed by atoms with van der Waals surface area (Å²) in [7, 11) is 2.84. The molecule has 1 aromatic rings. The van der Waals surface area contributed by atoms with Gasteiger partial charge in [0.25, 0.3) is 5.91 Å². The third-order valence-corrected chi connectivity index (χ3v) is 2.46. The van der Waals surface area contributed by atoms with Gasteiger partial charge in [0.05, 0.1) is 7.11 Å². The molecule has 1 rings (SSSR count). The zero-order valence-corrected chi connectivity index (χ0v) is 11.4. The molecule has 7 nitrogen and oxygen atoms in total. The van der Waals surface area contributed by atoms with E-state index in [4.69, 9.17) is 9.47 Å². The maximum absolute atomic E-state index is 11.7. The van der Waals surface area contributed by atoms with Gasteiger partial charge in [-0.15, -0.1) is 0 Å². The van der Waals surface area contributed by atoms with Gasteiger partial charge in [0.2, 0.25) is 0 Å². The molecule has 0 aliphatic carbocycles. The summed E-state index contributed by atoms with van der Waals surface area (Å²) < 4.78 is 10.5. The van der Waals surface area contributed by atoms with Crippen molar-refractivity contribution in [3.63, 3.8) is 0 Å². The van der Waals surface area contributed by atoms with Gasteiger partial charge in [-0.05, 0) is 25.1 Å². The Hall–Kier alpha value is -2.57. The molecule has 0 aliphatic heterocycles. The van der Waals surface area contributed by atoms with Crippen molar-refractivity contribution < 1.29 is 23.9 Å². The molecule has 20 heavy (non-hydrogen) atoms. The van der Waals surface area contributed by atoms with Gasteiger partial charge in [-0.2, -0.15) is 0 Å². The number of rotatable bonds is 5. The van der Waals surface area contributed by atoms with Crippen molar-refractivity contribution in [3.8, 4) is 11.5 Å². The lowest BCUT2D eigenvalue weighted by molar-refractivity contribution is -0.126. The largest absolute Gasteiger partial charge is 0.493 e. The van der Waals surface area contributed by atoms with Crippen LogP contribution in [0.5, 0.6) is 11.5 Å². The van der Waals surface area contributed by atoms with Crippen LogP contribution in [0.1, 0.15) is 17.3 Å². The Bertz CT molecular complexity index is 515. The van der Waals surface area contributed by atoms with Crippen LogP contribution in [0.2, 0.25) is 0 Å². The van der Waals surface area contributed by atoms with E-state index >= 15 is 0 Å². The molecular weight excluding hydrogens is 264 g/mol. The van der Waals surface area contributed by atoms with Gasteiger partial charge in [-0.3, -0.25) is 14.9 Å². The predicted molar refractivity (Wildman–Crippen MR) is 71.1 cm³/mol. The molecular formula is C13H16N2O5. The number of carbonyl (C=O) groups is 3. The Morgan fingerprint density at radius 2 is 2.00 bits per heavy atom. The minimum absolute atomic E-state index is 0.247. The van der Waals surface area contributed by atoms with Crippen LogP contribution in [0.3, 0.4) is 0 Å². The van der Waals surface area contributed by atoms with E-state index in [9.17, 15) is 14.4 Å². The Balaban J connectivity index is 2.83. The highest BCUT2D eigenvalue weighted by atomic mass is 16.5. The van der Waals surface area contributed by atoms with Crippen LogP contribution in [0.25, 0.3) is 0 Å². The summed E-state index contributed by atoms with van der Waals surface area (Å²) in [6.45, 7) is 1.48. The Labute approximate surface area is 116 Å². The van der Waals surface area contributed by atoms with E-state index in [1.807, 2.05) is 0 Å². The number of nitrogens with one attached hydrogen (secondary N) is 2. The van der Waals surface area contributed by atoms with E-state index in [0.717, 1.165) is 0 Å². The van der Waals surface area contributed by atoms with Crippen LogP contribution in [0.15, 0.2) is 18.2 Å². The molecule has 3 amide bonds. The first-order valence-electron chi connectivity index (χ1n) is 5.84. The van der Waals surface area contributed by atoms with Gasteiger partial charge in [0.1, 0.15) is 6.29 Å². The quantitative estimate of drug-likeness (QED) is 0.775. The number of aldehydes is 1. The second-order valence-corrected chi connectivity index (χ2v) is 3.86. The molecule has 0 spiro atoms.